The molecule has 0 saturated heterocycles. The van der Waals surface area contributed by atoms with Crippen molar-refractivity contribution >= 4 is 5.91 Å². The average molecular weight is 454 g/mol. The fourth-order valence-electron chi connectivity index (χ4n) is 3.19. The summed E-state index contributed by atoms with van der Waals surface area (Å²) in [6, 6.07) is 0. The lowest BCUT2D eigenvalue weighted by molar-refractivity contribution is -0.118. The van der Waals surface area contributed by atoms with E-state index in [1.54, 1.807) is 6.08 Å². The van der Waals surface area contributed by atoms with Crippen molar-refractivity contribution in [2.75, 3.05) is 6.54 Å². The van der Waals surface area contributed by atoms with Crippen LogP contribution in [0.1, 0.15) is 85.0 Å². The Morgan fingerprint density at radius 1 is 0.667 bits per heavy atom. The number of aliphatic hydroxyl groups is 1. The van der Waals surface area contributed by atoms with E-state index >= 15 is 0 Å². The predicted octanol–water partition coefficient (Wildman–Crippen LogP) is 7.69. The third-order valence-corrected chi connectivity index (χ3v) is 5.05. The van der Waals surface area contributed by atoms with Crippen molar-refractivity contribution in [3.8, 4) is 0 Å². The first kappa shape index (κ1) is 30.6. The summed E-state index contributed by atoms with van der Waals surface area (Å²) in [5, 5.41) is 13.6. The Hall–Kier alpha value is -2.39. The smallest absolute Gasteiger partial charge is 0.244 e. The summed E-state index contributed by atoms with van der Waals surface area (Å²) >= 11 is 0. The molecule has 184 valence electrons. The quantitative estimate of drug-likeness (QED) is 0.120. The van der Waals surface area contributed by atoms with Gasteiger partial charge in [-0.15, -0.1) is 0 Å². The van der Waals surface area contributed by atoms with Gasteiger partial charge in [0.2, 0.25) is 5.91 Å². The first-order chi connectivity index (χ1) is 16.1. The topological polar surface area (TPSA) is 49.3 Å². The van der Waals surface area contributed by atoms with Crippen molar-refractivity contribution in [3.05, 3.63) is 85.1 Å². The molecule has 0 fully saturated rings. The van der Waals surface area contributed by atoms with Gasteiger partial charge < -0.3 is 10.4 Å². The Morgan fingerprint density at radius 2 is 1.21 bits per heavy atom. The monoisotopic (exact) mass is 453 g/mol. The molecule has 0 bridgehead atoms. The normalized spacial score (nSPS) is 14.9. The summed E-state index contributed by atoms with van der Waals surface area (Å²) in [7, 11) is 0. The predicted molar refractivity (Wildman–Crippen MR) is 145 cm³/mol. The summed E-state index contributed by atoms with van der Waals surface area (Å²) in [6.45, 7) is 6.70. The van der Waals surface area contributed by atoms with Gasteiger partial charge in [0.1, 0.15) is 0 Å². The van der Waals surface area contributed by atoms with E-state index in [2.05, 4.69) is 56.5 Å². The molecule has 3 heteroatoms. The van der Waals surface area contributed by atoms with E-state index in [1.807, 2.05) is 42.5 Å². The van der Waals surface area contributed by atoms with Gasteiger partial charge in [-0.2, -0.15) is 0 Å². The highest BCUT2D eigenvalue weighted by Crippen LogP contribution is 2.20. The standard InChI is InChI=1S/C30H47NO2/c1-4-7-9-10-11-12-13-14-15-16-17-18-19-20-21-22-23-25-29(32)31-28-30(33,26-6-3)27-24-8-5-2/h9-16,19-23,25,33H,4-8,17-18,24,26-28H2,1-3H3,(H,31,32). The van der Waals surface area contributed by atoms with Crippen LogP contribution in [0.3, 0.4) is 0 Å². The molecule has 0 heterocycles. The third kappa shape index (κ3) is 21.2. The SMILES string of the molecule is CCCC=CC=CC=CC=CCCC=CC=CC=CC(=O)NCC(O)(CCC)CCCCC. The second kappa shape index (κ2) is 22.8. The molecular weight excluding hydrogens is 406 g/mol. The van der Waals surface area contributed by atoms with Crippen LogP contribution in [0.25, 0.3) is 0 Å². The van der Waals surface area contributed by atoms with Gasteiger partial charge in [-0.05, 0) is 32.1 Å². The first-order valence-corrected chi connectivity index (χ1v) is 12.7. The fraction of sp³-hybridized carbons (Fsp3) is 0.500. The highest BCUT2D eigenvalue weighted by atomic mass is 16.3. The van der Waals surface area contributed by atoms with Crippen LogP contribution in [0.2, 0.25) is 0 Å². The Bertz CT molecular complexity index is 679. The van der Waals surface area contributed by atoms with Gasteiger partial charge in [0.25, 0.3) is 0 Å². The molecule has 0 aliphatic heterocycles. The maximum absolute atomic E-state index is 12.0. The first-order valence-electron chi connectivity index (χ1n) is 12.7. The number of rotatable bonds is 19. The van der Waals surface area contributed by atoms with E-state index in [0.717, 1.165) is 51.4 Å². The molecule has 0 aliphatic carbocycles. The average Bonchev–Trinajstić information content (AvgIpc) is 2.80. The molecule has 0 spiro atoms. The van der Waals surface area contributed by atoms with Gasteiger partial charge in [-0.1, -0.05) is 132 Å². The molecule has 1 amide bonds. The van der Waals surface area contributed by atoms with Crippen molar-refractivity contribution in [1.29, 1.82) is 0 Å². The van der Waals surface area contributed by atoms with Crippen LogP contribution in [0.5, 0.6) is 0 Å². The molecule has 0 radical (unpaired) electrons. The van der Waals surface area contributed by atoms with Gasteiger partial charge in [0.05, 0.1) is 5.60 Å². The zero-order valence-electron chi connectivity index (χ0n) is 21.2. The molecule has 0 rings (SSSR count). The van der Waals surface area contributed by atoms with E-state index in [9.17, 15) is 9.90 Å². The Labute approximate surface area is 203 Å². The van der Waals surface area contributed by atoms with E-state index in [-0.39, 0.29) is 5.91 Å². The molecule has 0 aliphatic rings. The minimum Gasteiger partial charge on any atom is -0.388 e. The number of allylic oxidation sites excluding steroid dienone is 13. The number of carbonyl (C=O) groups excluding carboxylic acids is 1. The summed E-state index contributed by atoms with van der Waals surface area (Å²) in [6.07, 6.45) is 37.6. The molecule has 0 aromatic heterocycles. The van der Waals surface area contributed by atoms with E-state index < -0.39 is 5.60 Å². The fourth-order valence-corrected chi connectivity index (χ4v) is 3.19. The highest BCUT2D eigenvalue weighted by Gasteiger charge is 2.25. The van der Waals surface area contributed by atoms with Gasteiger partial charge in [0.15, 0.2) is 0 Å². The van der Waals surface area contributed by atoms with Crippen molar-refractivity contribution in [2.24, 2.45) is 0 Å². The van der Waals surface area contributed by atoms with Crippen LogP contribution in [-0.4, -0.2) is 23.2 Å². The van der Waals surface area contributed by atoms with Crippen LogP contribution in [0.15, 0.2) is 85.1 Å². The molecule has 0 aromatic carbocycles. The summed E-state index contributed by atoms with van der Waals surface area (Å²) in [5.74, 6) is -0.168. The lowest BCUT2D eigenvalue weighted by atomic mass is 9.91. The van der Waals surface area contributed by atoms with Crippen LogP contribution in [0.4, 0.5) is 0 Å². The third-order valence-electron chi connectivity index (χ3n) is 5.05. The van der Waals surface area contributed by atoms with Crippen LogP contribution in [0, 0.1) is 0 Å². The number of hydrogen-bond donors (Lipinski definition) is 2. The maximum Gasteiger partial charge on any atom is 0.244 e. The second-order valence-corrected chi connectivity index (χ2v) is 8.31. The zero-order valence-corrected chi connectivity index (χ0v) is 21.2. The minimum atomic E-state index is -0.793. The number of hydrogen-bond acceptors (Lipinski definition) is 2. The molecule has 1 atom stereocenters. The molecule has 1 unspecified atom stereocenters. The van der Waals surface area contributed by atoms with E-state index in [0.29, 0.717) is 13.0 Å². The number of unbranched alkanes of at least 4 members (excludes halogenated alkanes) is 4. The summed E-state index contributed by atoms with van der Waals surface area (Å²) in [5.41, 5.74) is -0.793. The van der Waals surface area contributed by atoms with Crippen LogP contribution in [-0.2, 0) is 4.79 Å². The molecule has 0 saturated carbocycles. The molecular formula is C30H47NO2. The molecule has 3 nitrogen and oxygen atoms in total. The van der Waals surface area contributed by atoms with Gasteiger partial charge in [-0.3, -0.25) is 4.79 Å². The summed E-state index contributed by atoms with van der Waals surface area (Å²) < 4.78 is 0. The molecule has 2 N–H and O–H groups in total. The Balaban J connectivity index is 4.06. The Kier molecular flexibility index (Phi) is 21.1. The lowest BCUT2D eigenvalue weighted by Crippen LogP contribution is -2.42. The van der Waals surface area contributed by atoms with Crippen LogP contribution >= 0.6 is 0 Å². The van der Waals surface area contributed by atoms with Crippen molar-refractivity contribution in [1.82, 2.24) is 5.32 Å². The largest absolute Gasteiger partial charge is 0.388 e. The van der Waals surface area contributed by atoms with E-state index in [4.69, 9.17) is 0 Å². The van der Waals surface area contributed by atoms with Gasteiger partial charge in [-0.25, -0.2) is 0 Å². The zero-order chi connectivity index (χ0) is 24.5. The maximum atomic E-state index is 12.0. The van der Waals surface area contributed by atoms with Crippen LogP contribution < -0.4 is 5.32 Å². The number of carbonyl (C=O) groups is 1. The van der Waals surface area contributed by atoms with Gasteiger partial charge >= 0.3 is 0 Å². The highest BCUT2D eigenvalue weighted by molar-refractivity contribution is 5.87. The van der Waals surface area contributed by atoms with Crippen molar-refractivity contribution < 1.29 is 9.90 Å². The van der Waals surface area contributed by atoms with E-state index in [1.165, 1.54) is 12.5 Å². The molecule has 0 aromatic rings. The number of amides is 1. The molecule has 33 heavy (non-hydrogen) atoms. The Morgan fingerprint density at radius 3 is 1.76 bits per heavy atom. The van der Waals surface area contributed by atoms with Crippen molar-refractivity contribution in [2.45, 2.75) is 90.6 Å². The second-order valence-electron chi connectivity index (χ2n) is 8.31. The van der Waals surface area contributed by atoms with Crippen molar-refractivity contribution in [3.63, 3.8) is 0 Å². The summed E-state index contributed by atoms with van der Waals surface area (Å²) in [4.78, 5) is 12.0. The lowest BCUT2D eigenvalue weighted by Gasteiger charge is -2.28. The van der Waals surface area contributed by atoms with Gasteiger partial charge in [0, 0.05) is 12.6 Å². The number of nitrogens with one attached hydrogen (secondary N) is 1. The minimum absolute atomic E-state index is 0.168.